The Morgan fingerprint density at radius 1 is 1.18 bits per heavy atom. The molecule has 1 aromatic heterocycles. The molecule has 2 heterocycles. The van der Waals surface area contributed by atoms with Crippen LogP contribution in [0.5, 0.6) is 5.75 Å². The normalized spacial score (nSPS) is 13.0. The van der Waals surface area contributed by atoms with Crippen LogP contribution in [-0.2, 0) is 6.42 Å². The molecule has 28 heavy (non-hydrogen) atoms. The van der Waals surface area contributed by atoms with E-state index in [1.54, 1.807) is 37.6 Å². The third-order valence-electron chi connectivity index (χ3n) is 4.81. The molecule has 0 saturated heterocycles. The predicted molar refractivity (Wildman–Crippen MR) is 112 cm³/mol. The van der Waals surface area contributed by atoms with E-state index in [2.05, 4.69) is 33.4 Å². The lowest BCUT2D eigenvalue weighted by atomic mass is 10.0. The summed E-state index contributed by atoms with van der Waals surface area (Å²) in [5.41, 5.74) is 4.47. The Hall–Kier alpha value is -3.05. The van der Waals surface area contributed by atoms with Crippen LogP contribution in [0.3, 0.4) is 0 Å². The van der Waals surface area contributed by atoms with Gasteiger partial charge in [0.2, 0.25) is 0 Å². The van der Waals surface area contributed by atoms with Crippen LogP contribution < -0.4 is 15.0 Å². The number of rotatable bonds is 4. The highest BCUT2D eigenvalue weighted by molar-refractivity contribution is 6.32. The van der Waals surface area contributed by atoms with Crippen molar-refractivity contribution < 1.29 is 9.53 Å². The third-order valence-corrected chi connectivity index (χ3v) is 5.11. The molecule has 1 N–H and O–H groups in total. The molecule has 0 saturated carbocycles. The highest BCUT2D eigenvalue weighted by Crippen LogP contribution is 2.33. The van der Waals surface area contributed by atoms with E-state index in [1.807, 2.05) is 12.1 Å². The van der Waals surface area contributed by atoms with Crippen LogP contribution in [0.1, 0.15) is 22.5 Å². The van der Waals surface area contributed by atoms with E-state index in [-0.39, 0.29) is 5.91 Å². The Kier molecular flexibility index (Phi) is 5.17. The second kappa shape index (κ2) is 7.90. The van der Waals surface area contributed by atoms with Crippen molar-refractivity contribution in [2.45, 2.75) is 12.8 Å². The Bertz CT molecular complexity index is 1000. The zero-order chi connectivity index (χ0) is 19.5. The number of fused-ring (bicyclic) bond motifs is 1. The summed E-state index contributed by atoms with van der Waals surface area (Å²) in [4.78, 5) is 19.1. The minimum atomic E-state index is -0.285. The molecule has 0 fully saturated rings. The van der Waals surface area contributed by atoms with Gasteiger partial charge in [-0.1, -0.05) is 29.8 Å². The van der Waals surface area contributed by atoms with Gasteiger partial charge < -0.3 is 15.0 Å². The molecule has 0 spiro atoms. The smallest absolute Gasteiger partial charge is 0.274 e. The van der Waals surface area contributed by atoms with E-state index in [0.717, 1.165) is 25.1 Å². The van der Waals surface area contributed by atoms with Gasteiger partial charge in [0.05, 0.1) is 24.0 Å². The van der Waals surface area contributed by atoms with Crippen molar-refractivity contribution in [2.75, 3.05) is 23.9 Å². The fourth-order valence-electron chi connectivity index (χ4n) is 3.42. The molecule has 1 aliphatic heterocycles. The predicted octanol–water partition coefficient (Wildman–Crippen LogP) is 5.08. The molecule has 0 bridgehead atoms. The number of pyridine rings is 1. The maximum absolute atomic E-state index is 12.5. The zero-order valence-corrected chi connectivity index (χ0v) is 16.2. The summed E-state index contributed by atoms with van der Waals surface area (Å²) in [6, 6.07) is 17.2. The number of nitrogens with one attached hydrogen (secondary N) is 1. The molecule has 0 unspecified atom stereocenters. The third kappa shape index (κ3) is 3.66. The molecule has 0 radical (unpaired) electrons. The van der Waals surface area contributed by atoms with Crippen molar-refractivity contribution in [3.05, 3.63) is 77.1 Å². The molecular formula is C22H20ClN3O2. The molecule has 4 rings (SSSR count). The lowest BCUT2D eigenvalue weighted by molar-refractivity contribution is 0.102. The number of benzene rings is 2. The van der Waals surface area contributed by atoms with Crippen LogP contribution in [0.2, 0.25) is 5.02 Å². The van der Waals surface area contributed by atoms with Crippen molar-refractivity contribution in [3.8, 4) is 5.75 Å². The van der Waals surface area contributed by atoms with E-state index >= 15 is 0 Å². The summed E-state index contributed by atoms with van der Waals surface area (Å²) in [5.74, 6) is 0.274. The van der Waals surface area contributed by atoms with Crippen molar-refractivity contribution in [3.63, 3.8) is 0 Å². The number of halogens is 1. The van der Waals surface area contributed by atoms with Crippen LogP contribution in [0.4, 0.5) is 17.1 Å². The lowest BCUT2D eigenvalue weighted by Gasteiger charge is -2.31. The van der Waals surface area contributed by atoms with E-state index in [0.29, 0.717) is 22.2 Å². The number of amides is 1. The van der Waals surface area contributed by atoms with Gasteiger partial charge in [-0.25, -0.2) is 4.98 Å². The van der Waals surface area contributed by atoms with E-state index in [9.17, 15) is 4.79 Å². The first kappa shape index (κ1) is 18.3. The molecule has 5 nitrogen and oxygen atoms in total. The van der Waals surface area contributed by atoms with Crippen LogP contribution in [-0.4, -0.2) is 24.5 Å². The summed E-state index contributed by atoms with van der Waals surface area (Å²) in [6.45, 7) is 0.939. The summed E-state index contributed by atoms with van der Waals surface area (Å²) in [6.07, 6.45) is 3.93. The van der Waals surface area contributed by atoms with Gasteiger partial charge >= 0.3 is 0 Å². The van der Waals surface area contributed by atoms with Crippen LogP contribution in [0, 0.1) is 0 Å². The van der Waals surface area contributed by atoms with Gasteiger partial charge in [-0.3, -0.25) is 4.79 Å². The summed E-state index contributed by atoms with van der Waals surface area (Å²) in [7, 11) is 1.55. The minimum absolute atomic E-state index is 0.285. The monoisotopic (exact) mass is 393 g/mol. The molecular weight excluding hydrogens is 374 g/mol. The fraction of sp³-hybridized carbons (Fsp3) is 0.182. The molecule has 1 amide bonds. The van der Waals surface area contributed by atoms with E-state index in [1.165, 1.54) is 11.3 Å². The van der Waals surface area contributed by atoms with Gasteiger partial charge in [0.1, 0.15) is 11.4 Å². The number of aromatic nitrogens is 1. The van der Waals surface area contributed by atoms with Crippen molar-refractivity contribution in [1.29, 1.82) is 0 Å². The number of ether oxygens (including phenoxy) is 1. The minimum Gasteiger partial charge on any atom is -0.495 e. The number of anilines is 3. The number of carbonyl (C=O) groups is 1. The number of aryl methyl sites for hydroxylation is 1. The Morgan fingerprint density at radius 2 is 2.04 bits per heavy atom. The summed E-state index contributed by atoms with van der Waals surface area (Å²) < 4.78 is 5.12. The Morgan fingerprint density at radius 3 is 2.79 bits per heavy atom. The van der Waals surface area contributed by atoms with Crippen molar-refractivity contribution in [1.82, 2.24) is 4.98 Å². The van der Waals surface area contributed by atoms with Crippen LogP contribution in [0.25, 0.3) is 0 Å². The molecule has 6 heteroatoms. The largest absolute Gasteiger partial charge is 0.495 e. The standard InChI is InChI=1S/C22H20ClN3O2/c1-28-21-11-8-16(13-18(21)23)25-22(27)19-10-9-17(14-24-19)26-12-4-6-15-5-2-3-7-20(15)26/h2-3,5,7-11,13-14H,4,6,12H2,1H3,(H,25,27). The van der Waals surface area contributed by atoms with Crippen LogP contribution >= 0.6 is 11.6 Å². The maximum atomic E-state index is 12.5. The molecule has 3 aromatic rings. The molecule has 0 atom stereocenters. The highest BCUT2D eigenvalue weighted by Gasteiger charge is 2.18. The lowest BCUT2D eigenvalue weighted by Crippen LogP contribution is -2.24. The molecule has 2 aromatic carbocycles. The fourth-order valence-corrected chi connectivity index (χ4v) is 3.68. The molecule has 142 valence electrons. The van der Waals surface area contributed by atoms with Crippen molar-refractivity contribution >= 4 is 34.6 Å². The number of hydrogen-bond acceptors (Lipinski definition) is 4. The first-order chi connectivity index (χ1) is 13.7. The summed E-state index contributed by atoms with van der Waals surface area (Å²) in [5, 5.41) is 3.25. The zero-order valence-electron chi connectivity index (χ0n) is 15.5. The first-order valence-corrected chi connectivity index (χ1v) is 9.50. The second-order valence-electron chi connectivity index (χ2n) is 6.59. The Balaban J connectivity index is 1.51. The molecule has 1 aliphatic rings. The highest BCUT2D eigenvalue weighted by atomic mass is 35.5. The van der Waals surface area contributed by atoms with Gasteiger partial charge in [0.25, 0.3) is 5.91 Å². The number of carbonyl (C=O) groups excluding carboxylic acids is 1. The Labute approximate surface area is 168 Å². The number of hydrogen-bond donors (Lipinski definition) is 1. The van der Waals surface area contributed by atoms with E-state index in [4.69, 9.17) is 16.3 Å². The second-order valence-corrected chi connectivity index (χ2v) is 7.00. The number of methoxy groups -OCH3 is 1. The average molecular weight is 394 g/mol. The maximum Gasteiger partial charge on any atom is 0.274 e. The van der Waals surface area contributed by atoms with Gasteiger partial charge in [-0.2, -0.15) is 0 Å². The van der Waals surface area contributed by atoms with Gasteiger partial charge in [-0.05, 0) is 54.8 Å². The first-order valence-electron chi connectivity index (χ1n) is 9.12. The SMILES string of the molecule is COc1ccc(NC(=O)c2ccc(N3CCCc4ccccc43)cn2)cc1Cl. The van der Waals surface area contributed by atoms with E-state index < -0.39 is 0 Å². The van der Waals surface area contributed by atoms with Crippen LogP contribution in [0.15, 0.2) is 60.8 Å². The van der Waals surface area contributed by atoms with Crippen molar-refractivity contribution in [2.24, 2.45) is 0 Å². The summed E-state index contributed by atoms with van der Waals surface area (Å²) >= 11 is 6.11. The molecule has 0 aliphatic carbocycles. The quantitative estimate of drug-likeness (QED) is 0.671. The number of para-hydroxylation sites is 1. The van der Waals surface area contributed by atoms with Gasteiger partial charge in [0, 0.05) is 17.9 Å². The van der Waals surface area contributed by atoms with Gasteiger partial charge in [-0.15, -0.1) is 0 Å². The van der Waals surface area contributed by atoms with Gasteiger partial charge in [0.15, 0.2) is 0 Å². The topological polar surface area (TPSA) is 54.5 Å². The average Bonchev–Trinajstić information content (AvgIpc) is 2.73. The number of nitrogens with zero attached hydrogens (tertiary/aromatic N) is 2.